The summed E-state index contributed by atoms with van der Waals surface area (Å²) >= 11 is 5.98. The molecule has 1 amide bonds. The maximum atomic E-state index is 13.5. The third-order valence-corrected chi connectivity index (χ3v) is 8.83. The number of methoxy groups -OCH3 is 1. The molecule has 2 heterocycles. The van der Waals surface area contributed by atoms with Crippen LogP contribution < -0.4 is 20.3 Å². The van der Waals surface area contributed by atoms with E-state index in [4.69, 9.17) is 16.3 Å². The molecule has 4 aromatic rings. The summed E-state index contributed by atoms with van der Waals surface area (Å²) in [5.74, 6) is -0.752. The van der Waals surface area contributed by atoms with E-state index in [0.29, 0.717) is 27.9 Å². The Bertz CT molecular complexity index is 1830. The van der Waals surface area contributed by atoms with E-state index >= 15 is 0 Å². The van der Waals surface area contributed by atoms with Crippen molar-refractivity contribution in [2.45, 2.75) is 37.8 Å². The molecule has 0 spiro atoms. The summed E-state index contributed by atoms with van der Waals surface area (Å²) < 4.78 is 48.6. The average Bonchev–Trinajstić information content (AvgIpc) is 3.63. The second-order valence-corrected chi connectivity index (χ2v) is 12.2. The first-order valence-electron chi connectivity index (χ1n) is 12.8. The third-order valence-electron chi connectivity index (χ3n) is 6.98. The smallest absolute Gasteiger partial charge is 0.263 e. The minimum atomic E-state index is -4.23. The monoisotopic (exact) mass is 599 g/mol. The lowest BCUT2D eigenvalue weighted by Crippen LogP contribution is -2.35. The molecule has 0 saturated heterocycles. The number of aromatic nitrogens is 3. The predicted molar refractivity (Wildman–Crippen MR) is 153 cm³/mol. The fourth-order valence-corrected chi connectivity index (χ4v) is 6.01. The van der Waals surface area contributed by atoms with Crippen LogP contribution in [0, 0.1) is 17.7 Å². The fourth-order valence-electron chi connectivity index (χ4n) is 4.43. The lowest BCUT2D eigenvalue weighted by atomic mass is 10.0. The van der Waals surface area contributed by atoms with Gasteiger partial charge in [-0.3, -0.25) is 18.9 Å². The van der Waals surface area contributed by atoms with Crippen molar-refractivity contribution in [3.8, 4) is 17.0 Å². The van der Waals surface area contributed by atoms with Gasteiger partial charge in [-0.2, -0.15) is 0 Å². The molecule has 2 aromatic heterocycles. The standard InChI is InChI=1S/C28H27ClFN5O5S/c1-15-8-23(15)33-26(36)16(2)13-35-14-32-22-6-4-17(9-20(22)28(35)37)18-10-24(27(40-3)31-12-18)34-41(38,39)25-7-5-19(30)11-21(25)29/h4-7,9-12,14-16,23,34H,8,13H2,1-3H3,(H,33,36)/t15-,16+,23-/m0/s1. The highest BCUT2D eigenvalue weighted by atomic mass is 35.5. The van der Waals surface area contributed by atoms with Gasteiger partial charge in [-0.25, -0.2) is 22.8 Å². The maximum Gasteiger partial charge on any atom is 0.263 e. The van der Waals surface area contributed by atoms with Gasteiger partial charge in [0.2, 0.25) is 11.8 Å². The molecule has 214 valence electrons. The second kappa shape index (κ2) is 11.1. The van der Waals surface area contributed by atoms with Crippen LogP contribution in [0.3, 0.4) is 0 Å². The molecule has 0 radical (unpaired) electrons. The van der Waals surface area contributed by atoms with Crippen molar-refractivity contribution in [2.75, 3.05) is 11.8 Å². The SMILES string of the molecule is COc1ncc(-c2ccc3ncn(C[C@@H](C)C(=O)N[C@H]4C[C@@H]4C)c(=O)c3c2)cc1NS(=O)(=O)c1ccc(F)cc1Cl. The quantitative estimate of drug-likeness (QED) is 0.294. The summed E-state index contributed by atoms with van der Waals surface area (Å²) in [4.78, 5) is 34.2. The second-order valence-electron chi connectivity index (χ2n) is 10.1. The van der Waals surface area contributed by atoms with E-state index in [2.05, 4.69) is 26.9 Å². The van der Waals surface area contributed by atoms with Crippen LogP contribution >= 0.6 is 11.6 Å². The minimum Gasteiger partial charge on any atom is -0.480 e. The van der Waals surface area contributed by atoms with Crippen molar-refractivity contribution in [3.05, 3.63) is 76.2 Å². The van der Waals surface area contributed by atoms with Gasteiger partial charge in [0.25, 0.3) is 15.6 Å². The highest BCUT2D eigenvalue weighted by Gasteiger charge is 2.34. The van der Waals surface area contributed by atoms with Gasteiger partial charge in [0.05, 0.1) is 35.3 Å². The van der Waals surface area contributed by atoms with Crippen molar-refractivity contribution in [1.29, 1.82) is 0 Å². The lowest BCUT2D eigenvalue weighted by Gasteiger charge is -2.15. The van der Waals surface area contributed by atoms with Crippen molar-refractivity contribution < 1.29 is 22.3 Å². The molecule has 3 atom stereocenters. The van der Waals surface area contributed by atoms with Crippen molar-refractivity contribution in [1.82, 2.24) is 19.9 Å². The molecule has 0 unspecified atom stereocenters. The number of nitrogens with zero attached hydrogens (tertiary/aromatic N) is 3. The number of rotatable bonds is 9. The number of halogens is 2. The zero-order valence-corrected chi connectivity index (χ0v) is 24.0. The van der Waals surface area contributed by atoms with E-state index in [1.807, 2.05) is 0 Å². The Labute approximate surface area is 240 Å². The topological polar surface area (TPSA) is 132 Å². The number of sulfonamides is 1. The number of anilines is 1. The number of amides is 1. The Morgan fingerprint density at radius 3 is 2.63 bits per heavy atom. The number of ether oxygens (including phenoxy) is 1. The molecular formula is C28H27ClFN5O5S. The maximum absolute atomic E-state index is 13.5. The van der Waals surface area contributed by atoms with E-state index in [-0.39, 0.29) is 45.5 Å². The van der Waals surface area contributed by atoms with Crippen LogP contribution in [0.2, 0.25) is 5.02 Å². The van der Waals surface area contributed by atoms with Crippen molar-refractivity contribution in [3.63, 3.8) is 0 Å². The normalized spacial score (nSPS) is 17.2. The Morgan fingerprint density at radius 1 is 1.20 bits per heavy atom. The van der Waals surface area contributed by atoms with E-state index in [1.54, 1.807) is 25.1 Å². The zero-order chi connectivity index (χ0) is 29.5. The number of hydrogen-bond acceptors (Lipinski definition) is 7. The average molecular weight is 600 g/mol. The van der Waals surface area contributed by atoms with Gasteiger partial charge >= 0.3 is 0 Å². The van der Waals surface area contributed by atoms with E-state index in [9.17, 15) is 22.4 Å². The molecular weight excluding hydrogens is 573 g/mol. The van der Waals surface area contributed by atoms with Gasteiger partial charge < -0.3 is 10.1 Å². The van der Waals surface area contributed by atoms with Crippen LogP contribution in [0.15, 0.2) is 64.7 Å². The first kappa shape index (κ1) is 28.5. The molecule has 41 heavy (non-hydrogen) atoms. The van der Waals surface area contributed by atoms with E-state index < -0.39 is 21.8 Å². The van der Waals surface area contributed by atoms with Crippen LogP contribution in [-0.2, 0) is 21.4 Å². The number of hydrogen-bond donors (Lipinski definition) is 2. The number of nitrogens with one attached hydrogen (secondary N) is 2. The van der Waals surface area contributed by atoms with Gasteiger partial charge in [0.15, 0.2) is 0 Å². The third kappa shape index (κ3) is 6.03. The molecule has 5 rings (SSSR count). The Kier molecular flexibility index (Phi) is 7.71. The summed E-state index contributed by atoms with van der Waals surface area (Å²) in [6.07, 6.45) is 3.86. The summed E-state index contributed by atoms with van der Waals surface area (Å²) in [5.41, 5.74) is 1.21. The van der Waals surface area contributed by atoms with Crippen LogP contribution in [0.1, 0.15) is 20.3 Å². The fraction of sp³-hybridized carbons (Fsp3) is 0.286. The molecule has 2 N–H and O–H groups in total. The molecule has 1 fully saturated rings. The highest BCUT2D eigenvalue weighted by molar-refractivity contribution is 7.92. The number of carbonyl (C=O) groups is 1. The highest BCUT2D eigenvalue weighted by Crippen LogP contribution is 2.32. The van der Waals surface area contributed by atoms with Gasteiger partial charge in [0.1, 0.15) is 16.4 Å². The molecule has 0 bridgehead atoms. The molecule has 1 saturated carbocycles. The summed E-state index contributed by atoms with van der Waals surface area (Å²) in [7, 11) is -2.89. The number of fused-ring (bicyclic) bond motifs is 1. The van der Waals surface area contributed by atoms with Crippen molar-refractivity contribution in [2.24, 2.45) is 11.8 Å². The van der Waals surface area contributed by atoms with Crippen LogP contribution in [0.4, 0.5) is 10.1 Å². The van der Waals surface area contributed by atoms with Crippen LogP contribution in [0.25, 0.3) is 22.0 Å². The van der Waals surface area contributed by atoms with Gasteiger partial charge in [-0.05, 0) is 54.3 Å². The summed E-state index contributed by atoms with van der Waals surface area (Å²) in [6, 6.07) is 9.68. The van der Waals surface area contributed by atoms with Crippen LogP contribution in [0.5, 0.6) is 5.88 Å². The van der Waals surface area contributed by atoms with Crippen molar-refractivity contribution >= 4 is 44.1 Å². The summed E-state index contributed by atoms with van der Waals surface area (Å²) in [6.45, 7) is 4.00. The van der Waals surface area contributed by atoms with E-state index in [1.165, 1.54) is 30.3 Å². The van der Waals surface area contributed by atoms with Gasteiger partial charge in [0, 0.05) is 24.3 Å². The Balaban J connectivity index is 1.45. The Hall–Kier alpha value is -4.03. The molecule has 1 aliphatic carbocycles. The van der Waals surface area contributed by atoms with Crippen LogP contribution in [-0.4, -0.2) is 42.0 Å². The molecule has 0 aliphatic heterocycles. The molecule has 2 aromatic carbocycles. The minimum absolute atomic E-state index is 0.00627. The largest absolute Gasteiger partial charge is 0.480 e. The summed E-state index contributed by atoms with van der Waals surface area (Å²) in [5, 5.41) is 3.03. The first-order valence-corrected chi connectivity index (χ1v) is 14.6. The van der Waals surface area contributed by atoms with E-state index in [0.717, 1.165) is 24.6 Å². The number of pyridine rings is 1. The van der Waals surface area contributed by atoms with Gasteiger partial charge in [-0.15, -0.1) is 0 Å². The number of carbonyl (C=O) groups excluding carboxylic acids is 1. The zero-order valence-electron chi connectivity index (χ0n) is 22.4. The predicted octanol–water partition coefficient (Wildman–Crippen LogP) is 4.22. The number of benzene rings is 2. The molecule has 1 aliphatic rings. The van der Waals surface area contributed by atoms with Gasteiger partial charge in [-0.1, -0.05) is 31.5 Å². The lowest BCUT2D eigenvalue weighted by molar-refractivity contribution is -0.125. The molecule has 10 nitrogen and oxygen atoms in total. The Morgan fingerprint density at radius 2 is 1.95 bits per heavy atom. The molecule has 13 heteroatoms. The first-order chi connectivity index (χ1) is 19.5.